The van der Waals surface area contributed by atoms with Gasteiger partial charge >= 0.3 is 0 Å². The summed E-state index contributed by atoms with van der Waals surface area (Å²) in [5.74, 6) is 0.581. The van der Waals surface area contributed by atoms with Crippen LogP contribution in [0.1, 0.15) is 31.7 Å². The summed E-state index contributed by atoms with van der Waals surface area (Å²) in [7, 11) is 4.25. The molecule has 0 spiro atoms. The number of hydrogen-bond acceptors (Lipinski definition) is 2. The van der Waals surface area contributed by atoms with E-state index in [9.17, 15) is 0 Å². The molecule has 96 valence electrons. The zero-order valence-electron chi connectivity index (χ0n) is 11.6. The second-order valence-corrected chi connectivity index (χ2v) is 5.21. The topological polar surface area (TPSA) is 15.3 Å². The zero-order valence-corrected chi connectivity index (χ0v) is 11.6. The second kappa shape index (κ2) is 7.46. The maximum Gasteiger partial charge on any atom is 0.00511 e. The molecule has 0 aliphatic carbocycles. The van der Waals surface area contributed by atoms with Gasteiger partial charge in [-0.3, -0.25) is 0 Å². The first-order valence-electron chi connectivity index (χ1n) is 6.52. The van der Waals surface area contributed by atoms with E-state index in [1.54, 1.807) is 0 Å². The van der Waals surface area contributed by atoms with Crippen LogP contribution >= 0.6 is 0 Å². The highest BCUT2D eigenvalue weighted by atomic mass is 15.1. The average Bonchev–Trinajstić information content (AvgIpc) is 2.34. The van der Waals surface area contributed by atoms with Crippen LogP contribution < -0.4 is 5.32 Å². The minimum atomic E-state index is 0.581. The number of nitrogens with zero attached hydrogens (tertiary/aromatic N) is 1. The van der Waals surface area contributed by atoms with Crippen molar-refractivity contribution in [3.63, 3.8) is 0 Å². The fourth-order valence-electron chi connectivity index (χ4n) is 1.83. The molecule has 1 aromatic rings. The lowest BCUT2D eigenvalue weighted by atomic mass is 10.0. The number of benzene rings is 1. The molecule has 1 rings (SSSR count). The molecular weight excluding hydrogens is 208 g/mol. The molecule has 0 heterocycles. The summed E-state index contributed by atoms with van der Waals surface area (Å²) in [5, 5.41) is 3.61. The van der Waals surface area contributed by atoms with Gasteiger partial charge < -0.3 is 10.2 Å². The Bertz CT molecular complexity index is 295. The van der Waals surface area contributed by atoms with Crippen LogP contribution in [-0.4, -0.2) is 38.1 Å². The van der Waals surface area contributed by atoms with Crippen LogP contribution in [0.3, 0.4) is 0 Å². The van der Waals surface area contributed by atoms with E-state index in [0.717, 1.165) is 13.1 Å². The van der Waals surface area contributed by atoms with Gasteiger partial charge in [-0.05, 0) is 45.5 Å². The minimum absolute atomic E-state index is 0.581. The largest absolute Gasteiger partial charge is 0.314 e. The molecule has 0 aromatic heterocycles. The van der Waals surface area contributed by atoms with Gasteiger partial charge in [-0.1, -0.05) is 37.3 Å². The maximum absolute atomic E-state index is 3.61. The molecule has 0 radical (unpaired) electrons. The summed E-state index contributed by atoms with van der Waals surface area (Å²) >= 11 is 0. The highest BCUT2D eigenvalue weighted by Crippen LogP contribution is 2.13. The van der Waals surface area contributed by atoms with Gasteiger partial charge in [-0.2, -0.15) is 0 Å². The first kappa shape index (κ1) is 14.2. The van der Waals surface area contributed by atoms with Crippen LogP contribution in [0.25, 0.3) is 0 Å². The van der Waals surface area contributed by atoms with Crippen molar-refractivity contribution in [2.24, 2.45) is 0 Å². The van der Waals surface area contributed by atoms with E-state index in [1.165, 1.54) is 12.0 Å². The first-order valence-corrected chi connectivity index (χ1v) is 6.52. The lowest BCUT2D eigenvalue weighted by molar-refractivity contribution is 0.364. The lowest BCUT2D eigenvalue weighted by Crippen LogP contribution is -2.32. The molecule has 1 N–H and O–H groups in total. The SMILES string of the molecule is CC(CCN(C)C)NCC(C)c1ccccc1. The van der Waals surface area contributed by atoms with E-state index < -0.39 is 0 Å². The van der Waals surface area contributed by atoms with Gasteiger partial charge in [0.15, 0.2) is 0 Å². The van der Waals surface area contributed by atoms with Crippen molar-refractivity contribution < 1.29 is 0 Å². The van der Waals surface area contributed by atoms with Gasteiger partial charge in [0.2, 0.25) is 0 Å². The zero-order chi connectivity index (χ0) is 12.7. The van der Waals surface area contributed by atoms with Gasteiger partial charge in [0, 0.05) is 12.6 Å². The fourth-order valence-corrected chi connectivity index (χ4v) is 1.83. The molecule has 1 aromatic carbocycles. The molecule has 0 aliphatic heterocycles. The van der Waals surface area contributed by atoms with E-state index in [1.807, 2.05) is 0 Å². The van der Waals surface area contributed by atoms with Gasteiger partial charge in [-0.15, -0.1) is 0 Å². The third-order valence-corrected chi connectivity index (χ3v) is 3.15. The summed E-state index contributed by atoms with van der Waals surface area (Å²) in [6.07, 6.45) is 1.20. The Morgan fingerprint density at radius 1 is 1.12 bits per heavy atom. The van der Waals surface area contributed by atoms with Crippen molar-refractivity contribution in [2.45, 2.75) is 32.2 Å². The number of rotatable bonds is 7. The molecule has 0 saturated carbocycles. The van der Waals surface area contributed by atoms with Crippen molar-refractivity contribution in [1.82, 2.24) is 10.2 Å². The summed E-state index contributed by atoms with van der Waals surface area (Å²) in [4.78, 5) is 2.23. The van der Waals surface area contributed by atoms with Gasteiger partial charge in [0.05, 0.1) is 0 Å². The summed E-state index contributed by atoms with van der Waals surface area (Å²) in [6.45, 7) is 6.74. The number of hydrogen-bond donors (Lipinski definition) is 1. The minimum Gasteiger partial charge on any atom is -0.314 e. The highest BCUT2D eigenvalue weighted by Gasteiger charge is 2.07. The maximum atomic E-state index is 3.61. The van der Waals surface area contributed by atoms with E-state index in [0.29, 0.717) is 12.0 Å². The molecule has 2 nitrogen and oxygen atoms in total. The Morgan fingerprint density at radius 2 is 1.76 bits per heavy atom. The quantitative estimate of drug-likeness (QED) is 0.780. The third-order valence-electron chi connectivity index (χ3n) is 3.15. The Kier molecular flexibility index (Phi) is 6.23. The van der Waals surface area contributed by atoms with E-state index in [2.05, 4.69) is 68.5 Å². The van der Waals surface area contributed by atoms with Crippen molar-refractivity contribution in [2.75, 3.05) is 27.2 Å². The monoisotopic (exact) mass is 234 g/mol. The third kappa shape index (κ3) is 5.85. The van der Waals surface area contributed by atoms with Crippen LogP contribution in [-0.2, 0) is 0 Å². The normalized spacial score (nSPS) is 14.9. The first-order chi connectivity index (χ1) is 8.09. The van der Waals surface area contributed by atoms with E-state index in [4.69, 9.17) is 0 Å². The molecule has 2 unspecified atom stereocenters. The van der Waals surface area contributed by atoms with Crippen LogP contribution in [0.4, 0.5) is 0 Å². The van der Waals surface area contributed by atoms with E-state index >= 15 is 0 Å². The average molecular weight is 234 g/mol. The standard InChI is InChI=1S/C15H26N2/c1-13(15-8-6-5-7-9-15)12-16-14(2)10-11-17(3)4/h5-9,13-14,16H,10-12H2,1-4H3. The van der Waals surface area contributed by atoms with Crippen LogP contribution in [0, 0.1) is 0 Å². The summed E-state index contributed by atoms with van der Waals surface area (Å²) in [6, 6.07) is 11.3. The molecule has 2 atom stereocenters. The Morgan fingerprint density at radius 3 is 2.35 bits per heavy atom. The second-order valence-electron chi connectivity index (χ2n) is 5.21. The molecule has 0 aliphatic rings. The smallest absolute Gasteiger partial charge is 0.00511 e. The van der Waals surface area contributed by atoms with Crippen molar-refractivity contribution in [3.8, 4) is 0 Å². The molecule has 0 bridgehead atoms. The summed E-state index contributed by atoms with van der Waals surface area (Å²) < 4.78 is 0. The van der Waals surface area contributed by atoms with Crippen LogP contribution in [0.5, 0.6) is 0 Å². The van der Waals surface area contributed by atoms with Crippen molar-refractivity contribution >= 4 is 0 Å². The van der Waals surface area contributed by atoms with Crippen molar-refractivity contribution in [1.29, 1.82) is 0 Å². The Labute approximate surface area is 106 Å². The van der Waals surface area contributed by atoms with Gasteiger partial charge in [-0.25, -0.2) is 0 Å². The van der Waals surface area contributed by atoms with Crippen LogP contribution in [0.15, 0.2) is 30.3 Å². The Balaban J connectivity index is 2.26. The molecule has 0 amide bonds. The molecule has 0 saturated heterocycles. The molecule has 2 heteroatoms. The predicted molar refractivity (Wildman–Crippen MR) is 75.5 cm³/mol. The van der Waals surface area contributed by atoms with Gasteiger partial charge in [0.1, 0.15) is 0 Å². The molecular formula is C15H26N2. The van der Waals surface area contributed by atoms with Gasteiger partial charge in [0.25, 0.3) is 0 Å². The predicted octanol–water partition coefficient (Wildman–Crippen LogP) is 2.72. The number of nitrogens with one attached hydrogen (secondary N) is 1. The molecule has 17 heavy (non-hydrogen) atoms. The van der Waals surface area contributed by atoms with Crippen molar-refractivity contribution in [3.05, 3.63) is 35.9 Å². The van der Waals surface area contributed by atoms with E-state index in [-0.39, 0.29) is 0 Å². The van der Waals surface area contributed by atoms with Crippen LogP contribution in [0.2, 0.25) is 0 Å². The lowest BCUT2D eigenvalue weighted by Gasteiger charge is -2.19. The Hall–Kier alpha value is -0.860. The molecule has 0 fully saturated rings. The highest BCUT2D eigenvalue weighted by molar-refractivity contribution is 5.18. The fraction of sp³-hybridized carbons (Fsp3) is 0.600. The summed E-state index contributed by atoms with van der Waals surface area (Å²) in [5.41, 5.74) is 1.42.